The van der Waals surface area contributed by atoms with Crippen molar-refractivity contribution < 1.29 is 63.4 Å². The molecule has 5 atom stereocenters. The molecule has 1 aromatic rings. The van der Waals surface area contributed by atoms with Gasteiger partial charge in [0.1, 0.15) is 30.7 Å². The first-order valence-electron chi connectivity index (χ1n) is 12.3. The Hall–Kier alpha value is -4.38. The molecule has 41 heavy (non-hydrogen) atoms. The van der Waals surface area contributed by atoms with E-state index in [2.05, 4.69) is 10.6 Å². The van der Waals surface area contributed by atoms with E-state index in [1.165, 1.54) is 25.1 Å². The SMILES string of the molecule is CC(=O)OCc1ccc(OC2OC(C(=O)O)C(O)C(O)C2O)c(NC(=O)CCNC(=O)CCN2C(=O)C=CC2=O)c1. The van der Waals surface area contributed by atoms with Crippen molar-refractivity contribution in [2.24, 2.45) is 0 Å². The van der Waals surface area contributed by atoms with Crippen molar-refractivity contribution in [3.63, 3.8) is 0 Å². The number of aliphatic hydroxyl groups excluding tert-OH is 3. The molecule has 0 aromatic heterocycles. The Labute approximate surface area is 232 Å². The number of nitrogens with one attached hydrogen (secondary N) is 2. The van der Waals surface area contributed by atoms with E-state index in [4.69, 9.17) is 14.2 Å². The lowest BCUT2D eigenvalue weighted by atomic mass is 9.99. The largest absolute Gasteiger partial charge is 0.479 e. The van der Waals surface area contributed by atoms with E-state index in [-0.39, 0.29) is 44.0 Å². The Morgan fingerprint density at radius 2 is 1.66 bits per heavy atom. The number of nitrogens with zero attached hydrogens (tertiary/aromatic N) is 1. The Balaban J connectivity index is 1.63. The molecule has 16 nitrogen and oxygen atoms in total. The second-order valence-corrected chi connectivity index (χ2v) is 9.02. The number of amides is 4. The molecule has 0 aliphatic carbocycles. The van der Waals surface area contributed by atoms with Gasteiger partial charge in [-0.05, 0) is 17.7 Å². The van der Waals surface area contributed by atoms with Gasteiger partial charge in [0.2, 0.25) is 18.1 Å². The molecule has 4 amide bonds. The number of carboxylic acid groups (broad SMARTS) is 1. The lowest BCUT2D eigenvalue weighted by Crippen LogP contribution is -2.61. The second-order valence-electron chi connectivity index (χ2n) is 9.02. The summed E-state index contributed by atoms with van der Waals surface area (Å²) < 4.78 is 15.6. The average Bonchev–Trinajstić information content (AvgIpc) is 3.23. The van der Waals surface area contributed by atoms with Crippen LogP contribution >= 0.6 is 0 Å². The smallest absolute Gasteiger partial charge is 0.335 e. The number of ether oxygens (including phenoxy) is 3. The van der Waals surface area contributed by atoms with Crippen LogP contribution in [-0.4, -0.2) is 105 Å². The fourth-order valence-electron chi connectivity index (χ4n) is 3.81. The average molecular weight is 580 g/mol. The van der Waals surface area contributed by atoms with Gasteiger partial charge >= 0.3 is 11.9 Å². The molecule has 16 heteroatoms. The van der Waals surface area contributed by atoms with Gasteiger partial charge in [-0.25, -0.2) is 4.79 Å². The van der Waals surface area contributed by atoms with Gasteiger partial charge in [0.15, 0.2) is 6.10 Å². The molecule has 222 valence electrons. The quantitative estimate of drug-likeness (QED) is 0.114. The molecule has 2 aliphatic heterocycles. The third-order valence-corrected chi connectivity index (χ3v) is 5.95. The van der Waals surface area contributed by atoms with E-state index in [0.29, 0.717) is 5.56 Å². The number of rotatable bonds is 12. The summed E-state index contributed by atoms with van der Waals surface area (Å²) in [4.78, 5) is 71.3. The summed E-state index contributed by atoms with van der Waals surface area (Å²) in [7, 11) is 0. The fourth-order valence-corrected chi connectivity index (χ4v) is 3.81. The van der Waals surface area contributed by atoms with Gasteiger partial charge in [-0.1, -0.05) is 6.07 Å². The van der Waals surface area contributed by atoms with Gasteiger partial charge in [-0.2, -0.15) is 0 Å². The lowest BCUT2D eigenvalue weighted by Gasteiger charge is -2.38. The van der Waals surface area contributed by atoms with Crippen LogP contribution in [-0.2, 0) is 44.8 Å². The minimum absolute atomic E-state index is 0.00664. The number of hydrogen-bond acceptors (Lipinski definition) is 12. The number of hydrogen-bond donors (Lipinski definition) is 6. The lowest BCUT2D eigenvalue weighted by molar-refractivity contribution is -0.271. The van der Waals surface area contributed by atoms with Crippen molar-refractivity contribution in [1.82, 2.24) is 10.2 Å². The maximum Gasteiger partial charge on any atom is 0.335 e. The highest BCUT2D eigenvalue weighted by atomic mass is 16.7. The molecular weight excluding hydrogens is 550 g/mol. The number of aliphatic carboxylic acids is 1. The summed E-state index contributed by atoms with van der Waals surface area (Å²) in [5.74, 6) is -4.46. The summed E-state index contributed by atoms with van der Waals surface area (Å²) in [6.45, 7) is 0.804. The number of esters is 1. The number of imide groups is 1. The first-order valence-corrected chi connectivity index (χ1v) is 12.3. The molecular formula is C25H29N3O13. The summed E-state index contributed by atoms with van der Waals surface area (Å²) in [6, 6.07) is 4.14. The molecule has 1 aromatic carbocycles. The topological polar surface area (TPSA) is 238 Å². The fraction of sp³-hybridized carbons (Fsp3) is 0.440. The molecule has 0 radical (unpaired) electrons. The maximum absolute atomic E-state index is 12.6. The number of carbonyl (C=O) groups excluding carboxylic acids is 5. The van der Waals surface area contributed by atoms with E-state index in [1.807, 2.05) is 0 Å². The first kappa shape index (κ1) is 31.2. The third-order valence-electron chi connectivity index (χ3n) is 5.95. The van der Waals surface area contributed by atoms with Crippen LogP contribution in [0.2, 0.25) is 0 Å². The molecule has 2 heterocycles. The van der Waals surface area contributed by atoms with Crippen LogP contribution in [0.3, 0.4) is 0 Å². The number of benzene rings is 1. The summed E-state index contributed by atoms with van der Waals surface area (Å²) in [5, 5.41) is 44.5. The molecule has 0 bridgehead atoms. The Morgan fingerprint density at radius 1 is 0.976 bits per heavy atom. The molecule has 1 fully saturated rings. The second kappa shape index (κ2) is 13.8. The van der Waals surface area contributed by atoms with Crippen LogP contribution in [0.15, 0.2) is 30.4 Å². The highest BCUT2D eigenvalue weighted by Crippen LogP contribution is 2.31. The van der Waals surface area contributed by atoms with Crippen LogP contribution in [0, 0.1) is 0 Å². The van der Waals surface area contributed by atoms with Gasteiger partial charge in [0.25, 0.3) is 11.8 Å². The zero-order valence-corrected chi connectivity index (χ0v) is 21.7. The Morgan fingerprint density at radius 3 is 2.29 bits per heavy atom. The van der Waals surface area contributed by atoms with Gasteiger partial charge < -0.3 is 45.3 Å². The molecule has 5 unspecified atom stereocenters. The standard InChI is InChI=1S/C25H29N3O13/c1-12(29)39-11-13-2-3-15(40-25-22(36)20(34)21(35)23(41-25)24(37)38)14(10-13)27-17(31)6-8-26-16(30)7-9-28-18(32)4-5-19(28)33/h2-5,10,20-23,25,34-36H,6-9,11H2,1H3,(H,26,30)(H,27,31)(H,37,38). The van der Waals surface area contributed by atoms with Crippen molar-refractivity contribution in [3.05, 3.63) is 35.9 Å². The summed E-state index contributed by atoms with van der Waals surface area (Å²) >= 11 is 0. The first-order chi connectivity index (χ1) is 19.4. The number of anilines is 1. The van der Waals surface area contributed by atoms with E-state index in [1.54, 1.807) is 0 Å². The normalized spacial score (nSPS) is 23.7. The number of aliphatic hydroxyl groups is 3. The van der Waals surface area contributed by atoms with Crippen molar-refractivity contribution in [2.45, 2.75) is 57.1 Å². The van der Waals surface area contributed by atoms with E-state index in [0.717, 1.165) is 17.1 Å². The zero-order valence-electron chi connectivity index (χ0n) is 21.7. The molecule has 2 aliphatic rings. The monoisotopic (exact) mass is 579 g/mol. The number of carboxylic acids is 1. The molecule has 0 spiro atoms. The van der Waals surface area contributed by atoms with E-state index >= 15 is 0 Å². The van der Waals surface area contributed by atoms with Crippen molar-refractivity contribution in [3.8, 4) is 5.75 Å². The van der Waals surface area contributed by atoms with Crippen molar-refractivity contribution >= 4 is 41.3 Å². The van der Waals surface area contributed by atoms with Crippen LogP contribution in [0.5, 0.6) is 5.75 Å². The van der Waals surface area contributed by atoms with Crippen LogP contribution < -0.4 is 15.4 Å². The molecule has 6 N–H and O–H groups in total. The van der Waals surface area contributed by atoms with Gasteiger partial charge in [-0.3, -0.25) is 28.9 Å². The van der Waals surface area contributed by atoms with E-state index in [9.17, 15) is 49.2 Å². The maximum atomic E-state index is 12.6. The summed E-state index contributed by atoms with van der Waals surface area (Å²) in [6.07, 6.45) is -7.58. The van der Waals surface area contributed by atoms with Gasteiger partial charge in [-0.15, -0.1) is 0 Å². The van der Waals surface area contributed by atoms with Crippen LogP contribution in [0.4, 0.5) is 5.69 Å². The van der Waals surface area contributed by atoms with Crippen LogP contribution in [0.1, 0.15) is 25.3 Å². The highest BCUT2D eigenvalue weighted by molar-refractivity contribution is 6.13. The predicted octanol–water partition coefficient (Wildman–Crippen LogP) is -2.22. The van der Waals surface area contributed by atoms with Gasteiger partial charge in [0.05, 0.1) is 5.69 Å². The summed E-state index contributed by atoms with van der Waals surface area (Å²) in [5.41, 5.74) is 0.411. The van der Waals surface area contributed by atoms with Crippen LogP contribution in [0.25, 0.3) is 0 Å². The van der Waals surface area contributed by atoms with Crippen molar-refractivity contribution in [1.29, 1.82) is 0 Å². The predicted molar refractivity (Wildman–Crippen MR) is 134 cm³/mol. The number of carbonyl (C=O) groups is 6. The molecule has 0 saturated carbocycles. The Bertz CT molecular complexity index is 1220. The highest BCUT2D eigenvalue weighted by Gasteiger charge is 2.48. The van der Waals surface area contributed by atoms with E-state index < -0.39 is 66.3 Å². The molecule has 3 rings (SSSR count). The minimum atomic E-state index is -1.93. The third kappa shape index (κ3) is 8.31. The Kier molecular flexibility index (Phi) is 10.5. The molecule has 1 saturated heterocycles. The van der Waals surface area contributed by atoms with Gasteiger partial charge in [0, 0.05) is 45.0 Å². The van der Waals surface area contributed by atoms with Crippen molar-refractivity contribution in [2.75, 3.05) is 18.4 Å². The minimum Gasteiger partial charge on any atom is -0.479 e. The zero-order chi connectivity index (χ0) is 30.3.